The maximum absolute atomic E-state index is 11.9. The summed E-state index contributed by atoms with van der Waals surface area (Å²) in [6.45, 7) is 6.77. The lowest BCUT2D eigenvalue weighted by Gasteiger charge is -2.61. The Morgan fingerprint density at radius 2 is 1.96 bits per heavy atom. The van der Waals surface area contributed by atoms with Gasteiger partial charge in [-0.3, -0.25) is 4.79 Å². The van der Waals surface area contributed by atoms with E-state index in [-0.39, 0.29) is 34.7 Å². The molecule has 2 N–H and O–H groups in total. The molecule has 0 unspecified atom stereocenters. The van der Waals surface area contributed by atoms with Gasteiger partial charge in [0.1, 0.15) is 0 Å². The van der Waals surface area contributed by atoms with Crippen molar-refractivity contribution in [2.45, 2.75) is 71.5 Å². The average Bonchev–Trinajstić information content (AvgIpc) is 2.76. The molecule has 4 aliphatic rings. The van der Waals surface area contributed by atoms with Crippen molar-refractivity contribution in [3.8, 4) is 0 Å². The number of carbonyl (C=O) groups is 1. The molecular weight excluding hydrogens is 288 g/mol. The summed E-state index contributed by atoms with van der Waals surface area (Å²) >= 11 is 0. The number of fused-ring (bicyclic) bond motifs is 5. The summed E-state index contributed by atoms with van der Waals surface area (Å²) in [5.41, 5.74) is 1.12. The van der Waals surface area contributed by atoms with Crippen LogP contribution in [0.1, 0.15) is 59.3 Å². The highest BCUT2D eigenvalue weighted by Gasteiger charge is 2.63. The molecule has 0 saturated heterocycles. The van der Waals surface area contributed by atoms with Gasteiger partial charge in [0.05, 0.1) is 12.2 Å². The molecule has 0 radical (unpaired) electrons. The zero-order valence-electron chi connectivity index (χ0n) is 14.6. The molecule has 4 aliphatic carbocycles. The third-order valence-electron chi connectivity index (χ3n) is 8.20. The van der Waals surface area contributed by atoms with E-state index in [1.54, 1.807) is 0 Å². The number of hydrogen-bond donors (Lipinski definition) is 2. The van der Waals surface area contributed by atoms with E-state index in [4.69, 9.17) is 0 Å². The van der Waals surface area contributed by atoms with Crippen LogP contribution in [0.3, 0.4) is 0 Å². The zero-order chi connectivity index (χ0) is 16.6. The highest BCUT2D eigenvalue weighted by molar-refractivity contribution is 5.91. The van der Waals surface area contributed by atoms with Crippen LogP contribution < -0.4 is 0 Å². The Morgan fingerprint density at radius 3 is 2.70 bits per heavy atom. The molecule has 3 nitrogen and oxygen atoms in total. The van der Waals surface area contributed by atoms with E-state index >= 15 is 0 Å². The summed E-state index contributed by atoms with van der Waals surface area (Å²) in [6.07, 6.45) is 6.42. The Hall–Kier alpha value is -0.670. The molecule has 3 heteroatoms. The maximum Gasteiger partial charge on any atom is 0.155 e. The molecule has 0 spiro atoms. The van der Waals surface area contributed by atoms with Crippen LogP contribution >= 0.6 is 0 Å². The van der Waals surface area contributed by atoms with E-state index in [0.29, 0.717) is 30.6 Å². The van der Waals surface area contributed by atoms with Gasteiger partial charge in [-0.2, -0.15) is 0 Å². The van der Waals surface area contributed by atoms with Crippen molar-refractivity contribution in [2.24, 2.45) is 34.5 Å². The predicted molar refractivity (Wildman–Crippen MR) is 88.7 cm³/mol. The summed E-state index contributed by atoms with van der Waals surface area (Å²) in [6, 6.07) is 0. The minimum atomic E-state index is -0.363. The number of aliphatic hydroxyl groups excluding tert-OH is 2. The molecule has 0 aromatic carbocycles. The number of aliphatic hydroxyl groups is 2. The standard InChI is InChI=1S/C20H30O3/c1-11-8-12-9-13(21)6-7-19(12,2)18-15(22)10-20(3)14(17(11)18)4-5-16(20)23/h9,11,14-18,22-23H,4-8,10H2,1-3H3/t11-,14+,15+,16+,17+,18+,19+,20+/m1/s1. The van der Waals surface area contributed by atoms with Crippen LogP contribution in [0.2, 0.25) is 0 Å². The Balaban J connectivity index is 1.79. The first kappa shape index (κ1) is 15.8. The van der Waals surface area contributed by atoms with E-state index in [0.717, 1.165) is 25.7 Å². The Labute approximate surface area is 139 Å². The first-order valence-electron chi connectivity index (χ1n) is 9.37. The number of rotatable bonds is 0. The van der Waals surface area contributed by atoms with Crippen LogP contribution in [-0.4, -0.2) is 28.2 Å². The van der Waals surface area contributed by atoms with Crippen LogP contribution in [0.25, 0.3) is 0 Å². The van der Waals surface area contributed by atoms with E-state index in [2.05, 4.69) is 20.8 Å². The second kappa shape index (κ2) is 4.92. The first-order valence-corrected chi connectivity index (χ1v) is 9.37. The largest absolute Gasteiger partial charge is 0.393 e. The highest BCUT2D eigenvalue weighted by Crippen LogP contribution is 2.66. The lowest BCUT2D eigenvalue weighted by Crippen LogP contribution is -2.59. The fraction of sp³-hybridized carbons (Fsp3) is 0.850. The Morgan fingerprint density at radius 1 is 1.22 bits per heavy atom. The number of hydrogen-bond acceptors (Lipinski definition) is 3. The van der Waals surface area contributed by atoms with Crippen LogP contribution in [0.4, 0.5) is 0 Å². The van der Waals surface area contributed by atoms with Gasteiger partial charge in [-0.15, -0.1) is 0 Å². The normalized spacial score (nSPS) is 55.7. The van der Waals surface area contributed by atoms with Crippen LogP contribution in [0.5, 0.6) is 0 Å². The van der Waals surface area contributed by atoms with Crippen molar-refractivity contribution in [3.63, 3.8) is 0 Å². The fourth-order valence-electron chi connectivity index (χ4n) is 6.98. The van der Waals surface area contributed by atoms with Gasteiger partial charge < -0.3 is 10.2 Å². The van der Waals surface area contributed by atoms with Gasteiger partial charge in [0, 0.05) is 6.42 Å². The van der Waals surface area contributed by atoms with E-state index < -0.39 is 0 Å². The molecule has 0 heterocycles. The monoisotopic (exact) mass is 318 g/mol. The molecule has 0 aliphatic heterocycles. The van der Waals surface area contributed by atoms with Crippen molar-refractivity contribution in [1.82, 2.24) is 0 Å². The molecule has 23 heavy (non-hydrogen) atoms. The van der Waals surface area contributed by atoms with E-state index in [1.165, 1.54) is 5.57 Å². The average molecular weight is 318 g/mol. The van der Waals surface area contributed by atoms with Gasteiger partial charge in [0.2, 0.25) is 0 Å². The molecule has 3 fully saturated rings. The van der Waals surface area contributed by atoms with Crippen molar-refractivity contribution < 1.29 is 15.0 Å². The van der Waals surface area contributed by atoms with Gasteiger partial charge in [-0.25, -0.2) is 0 Å². The third-order valence-corrected chi connectivity index (χ3v) is 8.20. The summed E-state index contributed by atoms with van der Waals surface area (Å²) in [7, 11) is 0. The summed E-state index contributed by atoms with van der Waals surface area (Å²) in [5.74, 6) is 1.96. The topological polar surface area (TPSA) is 57.5 Å². The lowest BCUT2D eigenvalue weighted by atomic mass is 9.44. The van der Waals surface area contributed by atoms with Crippen molar-refractivity contribution in [3.05, 3.63) is 11.6 Å². The van der Waals surface area contributed by atoms with Crippen LogP contribution in [-0.2, 0) is 4.79 Å². The molecule has 0 aromatic heterocycles. The molecule has 8 atom stereocenters. The number of ketones is 1. The summed E-state index contributed by atoms with van der Waals surface area (Å²) < 4.78 is 0. The third kappa shape index (κ3) is 1.99. The molecule has 128 valence electrons. The molecule has 0 amide bonds. The van der Waals surface area contributed by atoms with Crippen molar-refractivity contribution >= 4 is 5.78 Å². The van der Waals surface area contributed by atoms with Gasteiger partial charge >= 0.3 is 0 Å². The van der Waals surface area contributed by atoms with E-state index in [9.17, 15) is 15.0 Å². The number of carbonyl (C=O) groups excluding carboxylic acids is 1. The van der Waals surface area contributed by atoms with E-state index in [1.807, 2.05) is 6.08 Å². The van der Waals surface area contributed by atoms with Crippen LogP contribution in [0, 0.1) is 34.5 Å². The van der Waals surface area contributed by atoms with Crippen LogP contribution in [0.15, 0.2) is 11.6 Å². The molecule has 0 aromatic rings. The quantitative estimate of drug-likeness (QED) is 0.721. The fourth-order valence-corrected chi connectivity index (χ4v) is 6.98. The molecular formula is C20H30O3. The first-order chi connectivity index (χ1) is 10.8. The minimum absolute atomic E-state index is 0.0284. The molecule has 4 rings (SSSR count). The van der Waals surface area contributed by atoms with Gasteiger partial charge in [-0.1, -0.05) is 26.3 Å². The Bertz CT molecular complexity index is 567. The molecule has 3 saturated carbocycles. The second-order valence-corrected chi connectivity index (χ2v) is 9.31. The summed E-state index contributed by atoms with van der Waals surface area (Å²) in [5, 5.41) is 21.6. The molecule has 0 bridgehead atoms. The Kier molecular flexibility index (Phi) is 3.39. The summed E-state index contributed by atoms with van der Waals surface area (Å²) in [4.78, 5) is 11.9. The van der Waals surface area contributed by atoms with Crippen molar-refractivity contribution in [2.75, 3.05) is 0 Å². The van der Waals surface area contributed by atoms with Crippen molar-refractivity contribution in [1.29, 1.82) is 0 Å². The SMILES string of the molecule is C[C@@H]1CC2=CC(=O)CC[C@]2(C)[C@@H]2[C@@H]1[C@@H]1CC[C@H](O)[C@@]1(C)C[C@@H]2O. The highest BCUT2D eigenvalue weighted by atomic mass is 16.3. The lowest BCUT2D eigenvalue weighted by molar-refractivity contribution is -0.155. The maximum atomic E-state index is 11.9. The smallest absolute Gasteiger partial charge is 0.155 e. The van der Waals surface area contributed by atoms with Gasteiger partial charge in [0.25, 0.3) is 0 Å². The zero-order valence-corrected chi connectivity index (χ0v) is 14.6. The predicted octanol–water partition coefficient (Wildman–Crippen LogP) is 3.10. The van der Waals surface area contributed by atoms with Gasteiger partial charge in [-0.05, 0) is 72.7 Å². The second-order valence-electron chi connectivity index (χ2n) is 9.31. The number of allylic oxidation sites excluding steroid dienone is 1. The van der Waals surface area contributed by atoms with Gasteiger partial charge in [0.15, 0.2) is 5.78 Å². The minimum Gasteiger partial charge on any atom is -0.393 e.